The predicted octanol–water partition coefficient (Wildman–Crippen LogP) is 2.35. The minimum atomic E-state index is -0.335. The lowest BCUT2D eigenvalue weighted by atomic mass is 10.1. The van der Waals surface area contributed by atoms with E-state index in [9.17, 15) is 4.39 Å². The van der Waals surface area contributed by atoms with Gasteiger partial charge in [-0.15, -0.1) is 10.2 Å². The first kappa shape index (κ1) is 14.0. The summed E-state index contributed by atoms with van der Waals surface area (Å²) in [7, 11) is 0. The Kier molecular flexibility index (Phi) is 3.88. The van der Waals surface area contributed by atoms with Gasteiger partial charge in [0.1, 0.15) is 24.0 Å². The Morgan fingerprint density at radius 1 is 1.38 bits per heavy atom. The van der Waals surface area contributed by atoms with Crippen LogP contribution in [0, 0.1) is 5.82 Å². The summed E-state index contributed by atoms with van der Waals surface area (Å²) < 4.78 is 21.2. The van der Waals surface area contributed by atoms with E-state index in [2.05, 4.69) is 14.8 Å². The number of fused-ring (bicyclic) bond motifs is 1. The minimum Gasteiger partial charge on any atom is -0.485 e. The average molecular weight is 290 g/mol. The second-order valence-corrected chi connectivity index (χ2v) is 5.40. The van der Waals surface area contributed by atoms with E-state index >= 15 is 0 Å². The smallest absolute Gasteiger partial charge is 0.171 e. The third-order valence-corrected chi connectivity index (χ3v) is 3.76. The minimum absolute atomic E-state index is 0.215. The summed E-state index contributed by atoms with van der Waals surface area (Å²) in [5.74, 6) is 1.92. The van der Waals surface area contributed by atoms with Gasteiger partial charge < -0.3 is 15.0 Å². The van der Waals surface area contributed by atoms with Gasteiger partial charge in [-0.2, -0.15) is 0 Å². The molecule has 3 rings (SSSR count). The zero-order valence-corrected chi connectivity index (χ0v) is 12.1. The van der Waals surface area contributed by atoms with E-state index in [0.717, 1.165) is 43.0 Å². The molecule has 0 radical (unpaired) electrons. The summed E-state index contributed by atoms with van der Waals surface area (Å²) >= 11 is 0. The normalized spacial score (nSPS) is 15.6. The van der Waals surface area contributed by atoms with E-state index in [0.29, 0.717) is 5.75 Å². The van der Waals surface area contributed by atoms with Gasteiger partial charge in [-0.05, 0) is 25.8 Å². The van der Waals surface area contributed by atoms with Crippen molar-refractivity contribution in [1.82, 2.24) is 14.8 Å². The lowest BCUT2D eigenvalue weighted by molar-refractivity contribution is 0.280. The van der Waals surface area contributed by atoms with Crippen LogP contribution in [0.15, 0.2) is 18.2 Å². The standard InChI is InChI=1S/C15H19FN4O/c1-10(17)12-6-5-11(16)8-13(12)21-9-15-19-18-14-4-2-3-7-20(14)15/h5-6,8,10H,2-4,7,9,17H2,1H3. The van der Waals surface area contributed by atoms with Gasteiger partial charge in [0.25, 0.3) is 0 Å². The Morgan fingerprint density at radius 2 is 2.24 bits per heavy atom. The molecule has 0 saturated heterocycles. The highest BCUT2D eigenvalue weighted by atomic mass is 19.1. The number of halogens is 1. The van der Waals surface area contributed by atoms with Gasteiger partial charge in [0.05, 0.1) is 0 Å². The lowest BCUT2D eigenvalue weighted by Gasteiger charge is -2.16. The molecule has 21 heavy (non-hydrogen) atoms. The highest BCUT2D eigenvalue weighted by Gasteiger charge is 2.17. The first-order valence-corrected chi connectivity index (χ1v) is 7.24. The molecule has 1 aromatic carbocycles. The SMILES string of the molecule is CC(N)c1ccc(F)cc1OCc1nnc2n1CCCC2. The van der Waals surface area contributed by atoms with E-state index in [-0.39, 0.29) is 18.5 Å². The topological polar surface area (TPSA) is 66.0 Å². The Labute approximate surface area is 122 Å². The Morgan fingerprint density at radius 3 is 3.05 bits per heavy atom. The van der Waals surface area contributed by atoms with Crippen LogP contribution in [0.2, 0.25) is 0 Å². The Hall–Kier alpha value is -1.95. The van der Waals surface area contributed by atoms with E-state index in [1.54, 1.807) is 6.07 Å². The van der Waals surface area contributed by atoms with Crippen LogP contribution in [-0.2, 0) is 19.6 Å². The molecule has 0 amide bonds. The fraction of sp³-hybridized carbons (Fsp3) is 0.467. The van der Waals surface area contributed by atoms with Crippen molar-refractivity contribution in [2.45, 2.75) is 45.4 Å². The molecule has 112 valence electrons. The summed E-state index contributed by atoms with van der Waals surface area (Å²) in [4.78, 5) is 0. The number of benzene rings is 1. The van der Waals surface area contributed by atoms with Gasteiger partial charge in [0, 0.05) is 30.6 Å². The van der Waals surface area contributed by atoms with Gasteiger partial charge in [-0.25, -0.2) is 4.39 Å². The molecule has 0 aliphatic carbocycles. The summed E-state index contributed by atoms with van der Waals surface area (Å²) in [5, 5.41) is 8.35. The summed E-state index contributed by atoms with van der Waals surface area (Å²) in [6, 6.07) is 4.21. The number of rotatable bonds is 4. The number of nitrogens with zero attached hydrogens (tertiary/aromatic N) is 3. The highest BCUT2D eigenvalue weighted by molar-refractivity contribution is 5.36. The third-order valence-electron chi connectivity index (χ3n) is 3.76. The molecule has 5 nitrogen and oxygen atoms in total. The number of hydrogen-bond acceptors (Lipinski definition) is 4. The first-order chi connectivity index (χ1) is 10.1. The third kappa shape index (κ3) is 2.90. The van der Waals surface area contributed by atoms with E-state index < -0.39 is 0 Å². The van der Waals surface area contributed by atoms with Crippen LogP contribution in [0.4, 0.5) is 4.39 Å². The van der Waals surface area contributed by atoms with Crippen molar-refractivity contribution >= 4 is 0 Å². The summed E-state index contributed by atoms with van der Waals surface area (Å²) in [5.41, 5.74) is 6.68. The second kappa shape index (κ2) is 5.81. The molecule has 0 saturated carbocycles. The maximum Gasteiger partial charge on any atom is 0.171 e. The molecule has 0 fully saturated rings. The van der Waals surface area contributed by atoms with Crippen LogP contribution in [0.25, 0.3) is 0 Å². The zero-order valence-electron chi connectivity index (χ0n) is 12.1. The van der Waals surface area contributed by atoms with E-state index in [1.807, 2.05) is 6.92 Å². The number of ether oxygens (including phenoxy) is 1. The first-order valence-electron chi connectivity index (χ1n) is 7.24. The molecular formula is C15H19FN4O. The fourth-order valence-electron chi connectivity index (χ4n) is 2.63. The van der Waals surface area contributed by atoms with Crippen molar-refractivity contribution in [3.05, 3.63) is 41.2 Å². The number of nitrogens with two attached hydrogens (primary N) is 1. The lowest BCUT2D eigenvalue weighted by Crippen LogP contribution is -2.15. The Balaban J connectivity index is 1.79. The van der Waals surface area contributed by atoms with Crippen molar-refractivity contribution in [2.24, 2.45) is 5.73 Å². The van der Waals surface area contributed by atoms with Gasteiger partial charge in [0.2, 0.25) is 0 Å². The Bertz CT molecular complexity index is 639. The summed E-state index contributed by atoms with van der Waals surface area (Å²) in [6.45, 7) is 3.04. The van der Waals surface area contributed by atoms with Crippen molar-refractivity contribution in [1.29, 1.82) is 0 Å². The van der Waals surface area contributed by atoms with Crippen LogP contribution in [-0.4, -0.2) is 14.8 Å². The number of aromatic nitrogens is 3. The summed E-state index contributed by atoms with van der Waals surface area (Å²) in [6.07, 6.45) is 3.23. The van der Waals surface area contributed by atoms with Crippen LogP contribution in [0.5, 0.6) is 5.75 Å². The fourth-order valence-corrected chi connectivity index (χ4v) is 2.63. The van der Waals surface area contributed by atoms with Gasteiger partial charge >= 0.3 is 0 Å². The van der Waals surface area contributed by atoms with Gasteiger partial charge in [-0.3, -0.25) is 0 Å². The molecule has 2 N–H and O–H groups in total. The molecule has 6 heteroatoms. The zero-order chi connectivity index (χ0) is 14.8. The monoisotopic (exact) mass is 290 g/mol. The maximum absolute atomic E-state index is 13.4. The van der Waals surface area contributed by atoms with Crippen molar-refractivity contribution in [3.63, 3.8) is 0 Å². The van der Waals surface area contributed by atoms with E-state index in [1.165, 1.54) is 12.1 Å². The molecule has 2 aromatic rings. The molecule has 1 unspecified atom stereocenters. The van der Waals surface area contributed by atoms with Crippen LogP contribution in [0.3, 0.4) is 0 Å². The second-order valence-electron chi connectivity index (χ2n) is 5.40. The van der Waals surface area contributed by atoms with Crippen molar-refractivity contribution in [3.8, 4) is 5.75 Å². The molecule has 1 aromatic heterocycles. The molecule has 2 heterocycles. The van der Waals surface area contributed by atoms with Gasteiger partial charge in [0.15, 0.2) is 5.82 Å². The molecule has 0 bridgehead atoms. The maximum atomic E-state index is 13.4. The molecule has 1 aliphatic heterocycles. The van der Waals surface area contributed by atoms with Crippen molar-refractivity contribution < 1.29 is 9.13 Å². The molecule has 0 spiro atoms. The largest absolute Gasteiger partial charge is 0.485 e. The molecular weight excluding hydrogens is 271 g/mol. The average Bonchev–Trinajstić information content (AvgIpc) is 2.88. The van der Waals surface area contributed by atoms with E-state index in [4.69, 9.17) is 10.5 Å². The molecule has 1 aliphatic rings. The van der Waals surface area contributed by atoms with Crippen LogP contribution in [0.1, 0.15) is 43.0 Å². The number of hydrogen-bond donors (Lipinski definition) is 1. The predicted molar refractivity (Wildman–Crippen MR) is 76.3 cm³/mol. The van der Waals surface area contributed by atoms with Crippen LogP contribution < -0.4 is 10.5 Å². The highest BCUT2D eigenvalue weighted by Crippen LogP contribution is 2.26. The van der Waals surface area contributed by atoms with Crippen molar-refractivity contribution in [2.75, 3.05) is 0 Å². The quantitative estimate of drug-likeness (QED) is 0.938. The number of aryl methyl sites for hydroxylation is 1. The molecule has 1 atom stereocenters. The van der Waals surface area contributed by atoms with Crippen LogP contribution >= 0.6 is 0 Å². The van der Waals surface area contributed by atoms with Gasteiger partial charge in [-0.1, -0.05) is 6.07 Å².